The van der Waals surface area contributed by atoms with Gasteiger partial charge >= 0.3 is 6.09 Å². The second-order valence-electron chi connectivity index (χ2n) is 9.65. The van der Waals surface area contributed by atoms with Gasteiger partial charge in [-0.05, 0) is 99.3 Å². The fraction of sp³-hybridized carbons (Fsp3) is 0.464. The predicted octanol–water partition coefficient (Wildman–Crippen LogP) is 5.84. The summed E-state index contributed by atoms with van der Waals surface area (Å²) in [6.45, 7) is 9.64. The summed E-state index contributed by atoms with van der Waals surface area (Å²) in [5.41, 5.74) is 6.20. The molecule has 3 rings (SSSR count). The number of carbonyl (C=O) groups is 1. The zero-order chi connectivity index (χ0) is 23.7. The number of benzene rings is 3. The maximum atomic E-state index is 13.1. The molecule has 0 aromatic heterocycles. The first-order chi connectivity index (χ1) is 15.9. The van der Waals surface area contributed by atoms with Crippen LogP contribution in [0.2, 0.25) is 0 Å². The zero-order valence-electron chi connectivity index (χ0n) is 20.4. The van der Waals surface area contributed by atoms with E-state index in [9.17, 15) is 4.79 Å². The van der Waals surface area contributed by atoms with Crippen molar-refractivity contribution >= 4 is 27.6 Å². The van der Waals surface area contributed by atoms with E-state index in [1.165, 1.54) is 27.1 Å². The Labute approximate surface area is 198 Å². The molecule has 0 spiro atoms. The van der Waals surface area contributed by atoms with E-state index in [1.807, 2.05) is 25.7 Å². The minimum atomic E-state index is -0.527. The molecule has 33 heavy (non-hydrogen) atoms. The van der Waals surface area contributed by atoms with Crippen molar-refractivity contribution in [3.05, 3.63) is 60.2 Å². The van der Waals surface area contributed by atoms with E-state index in [-0.39, 0.29) is 6.09 Å². The first-order valence-electron chi connectivity index (χ1n) is 12.2. The lowest BCUT2D eigenvalue weighted by Crippen LogP contribution is -2.37. The van der Waals surface area contributed by atoms with Crippen LogP contribution >= 0.6 is 0 Å². The van der Waals surface area contributed by atoms with E-state index < -0.39 is 5.60 Å². The van der Waals surface area contributed by atoms with Gasteiger partial charge in [0.05, 0.1) is 6.54 Å². The van der Waals surface area contributed by atoms with Gasteiger partial charge in [-0.25, -0.2) is 4.79 Å². The molecule has 0 fully saturated rings. The lowest BCUT2D eigenvalue weighted by Gasteiger charge is -2.28. The van der Waals surface area contributed by atoms with Gasteiger partial charge in [-0.3, -0.25) is 0 Å². The van der Waals surface area contributed by atoms with Gasteiger partial charge in [-0.2, -0.15) is 0 Å². The zero-order valence-corrected chi connectivity index (χ0v) is 20.4. The van der Waals surface area contributed by atoms with Crippen LogP contribution in [0.1, 0.15) is 52.0 Å². The maximum absolute atomic E-state index is 13.1. The van der Waals surface area contributed by atoms with E-state index in [4.69, 9.17) is 10.5 Å². The lowest BCUT2D eigenvalue weighted by atomic mass is 9.96. The van der Waals surface area contributed by atoms with Gasteiger partial charge in [-0.1, -0.05) is 48.5 Å². The lowest BCUT2D eigenvalue weighted by molar-refractivity contribution is 0.0232. The van der Waals surface area contributed by atoms with Crippen LogP contribution in [0.3, 0.4) is 0 Å². The fourth-order valence-corrected chi connectivity index (χ4v) is 4.10. The van der Waals surface area contributed by atoms with Gasteiger partial charge in [0.1, 0.15) is 5.60 Å². The third kappa shape index (κ3) is 7.44. The fourth-order valence-electron chi connectivity index (χ4n) is 4.10. The summed E-state index contributed by atoms with van der Waals surface area (Å²) in [5, 5.41) is 8.23. The molecule has 0 aliphatic heterocycles. The molecule has 0 aliphatic rings. The van der Waals surface area contributed by atoms with Crippen molar-refractivity contribution in [1.29, 1.82) is 0 Å². The molecule has 0 aliphatic carbocycles. The first-order valence-corrected chi connectivity index (χ1v) is 12.2. The van der Waals surface area contributed by atoms with Crippen LogP contribution in [-0.2, 0) is 11.3 Å². The Bertz CT molecular complexity index is 988. The molecule has 0 bridgehead atoms. The highest BCUT2D eigenvalue weighted by Gasteiger charge is 2.23. The molecule has 0 heterocycles. The molecule has 178 valence electrons. The summed E-state index contributed by atoms with van der Waals surface area (Å²) >= 11 is 0. The van der Waals surface area contributed by atoms with Crippen molar-refractivity contribution in [1.82, 2.24) is 10.2 Å². The van der Waals surface area contributed by atoms with Crippen molar-refractivity contribution in [2.75, 3.05) is 26.2 Å². The highest BCUT2D eigenvalue weighted by atomic mass is 16.6. The van der Waals surface area contributed by atoms with Crippen molar-refractivity contribution in [3.8, 4) is 0 Å². The summed E-state index contributed by atoms with van der Waals surface area (Å²) in [6, 6.07) is 19.1. The van der Waals surface area contributed by atoms with Gasteiger partial charge < -0.3 is 20.7 Å². The summed E-state index contributed by atoms with van der Waals surface area (Å²) in [7, 11) is 0. The van der Waals surface area contributed by atoms with E-state index in [1.54, 1.807) is 0 Å². The molecule has 3 aromatic carbocycles. The molecule has 0 radical (unpaired) electrons. The molecule has 0 atom stereocenters. The Morgan fingerprint density at radius 1 is 0.909 bits per heavy atom. The number of carbonyl (C=O) groups excluding carboxylic acids is 1. The number of nitrogens with one attached hydrogen (secondary N) is 1. The minimum Gasteiger partial charge on any atom is -0.444 e. The average molecular weight is 450 g/mol. The highest BCUT2D eigenvalue weighted by Crippen LogP contribution is 2.30. The summed E-state index contributed by atoms with van der Waals surface area (Å²) in [5.74, 6) is 0. The van der Waals surface area contributed by atoms with Crippen molar-refractivity contribution < 1.29 is 9.53 Å². The smallest absolute Gasteiger partial charge is 0.410 e. The number of rotatable bonds is 11. The Morgan fingerprint density at radius 3 is 2.06 bits per heavy atom. The summed E-state index contributed by atoms with van der Waals surface area (Å²) in [6.07, 6.45) is 3.84. The molecule has 1 amide bonds. The number of unbranched alkanes of at least 4 members (excludes halogenated alkanes) is 2. The molecule has 0 saturated heterocycles. The quantitative estimate of drug-likeness (QED) is 0.285. The van der Waals surface area contributed by atoms with Gasteiger partial charge in [-0.15, -0.1) is 0 Å². The standard InChI is InChI=1S/C28H39N3O2/c1-28(2,3)33-27(32)31(19-11-10-18-30-17-9-8-16-29)21-26-24-14-6-4-12-22(24)20-23-13-5-7-15-25(23)26/h4-7,12-15,20,30H,8-11,16-19,21,29H2,1-3H3. The van der Waals surface area contributed by atoms with Crippen LogP contribution in [0.25, 0.3) is 21.5 Å². The third-order valence-electron chi connectivity index (χ3n) is 5.72. The van der Waals surface area contributed by atoms with Crippen LogP contribution in [0.5, 0.6) is 0 Å². The Kier molecular flexibility index (Phi) is 9.10. The molecule has 0 saturated carbocycles. The predicted molar refractivity (Wildman–Crippen MR) is 138 cm³/mol. The van der Waals surface area contributed by atoms with Crippen LogP contribution < -0.4 is 11.1 Å². The number of hydrogen-bond donors (Lipinski definition) is 2. The molecular weight excluding hydrogens is 410 g/mol. The van der Waals surface area contributed by atoms with Crippen LogP contribution in [-0.4, -0.2) is 42.8 Å². The van der Waals surface area contributed by atoms with Gasteiger partial charge in [0, 0.05) is 6.54 Å². The SMILES string of the molecule is CC(C)(C)OC(=O)N(CCCCNCCCCN)Cc1c2ccccc2cc2ccccc12. The number of ether oxygens (including phenoxy) is 1. The molecule has 3 N–H and O–H groups in total. The Morgan fingerprint density at radius 2 is 1.48 bits per heavy atom. The van der Waals surface area contributed by atoms with Gasteiger partial charge in [0.2, 0.25) is 0 Å². The first kappa shape index (κ1) is 25.0. The third-order valence-corrected chi connectivity index (χ3v) is 5.72. The number of hydrogen-bond acceptors (Lipinski definition) is 4. The van der Waals surface area contributed by atoms with E-state index >= 15 is 0 Å². The van der Waals surface area contributed by atoms with Crippen LogP contribution in [0.15, 0.2) is 54.6 Å². The van der Waals surface area contributed by atoms with Crippen LogP contribution in [0.4, 0.5) is 4.79 Å². The molecule has 0 unspecified atom stereocenters. The maximum Gasteiger partial charge on any atom is 0.410 e. The molecule has 5 heteroatoms. The van der Waals surface area contributed by atoms with E-state index in [0.29, 0.717) is 13.1 Å². The minimum absolute atomic E-state index is 0.254. The normalized spacial score (nSPS) is 11.8. The van der Waals surface area contributed by atoms with Crippen molar-refractivity contribution in [2.24, 2.45) is 5.73 Å². The molecular formula is C28H39N3O2. The summed E-state index contributed by atoms with van der Waals surface area (Å²) < 4.78 is 5.78. The number of nitrogens with zero attached hydrogens (tertiary/aromatic N) is 1. The van der Waals surface area contributed by atoms with Gasteiger partial charge in [0.25, 0.3) is 0 Å². The Hall–Kier alpha value is -2.63. The molecule has 3 aromatic rings. The van der Waals surface area contributed by atoms with Crippen molar-refractivity contribution in [2.45, 2.75) is 58.6 Å². The molecule has 5 nitrogen and oxygen atoms in total. The number of fused-ring (bicyclic) bond motifs is 2. The van der Waals surface area contributed by atoms with E-state index in [2.05, 4.69) is 59.9 Å². The number of nitrogens with two attached hydrogens (primary N) is 1. The second kappa shape index (κ2) is 12.0. The Balaban J connectivity index is 1.78. The monoisotopic (exact) mass is 449 g/mol. The van der Waals surface area contributed by atoms with Gasteiger partial charge in [0.15, 0.2) is 0 Å². The second-order valence-corrected chi connectivity index (χ2v) is 9.65. The number of amides is 1. The highest BCUT2D eigenvalue weighted by molar-refractivity contribution is 6.02. The largest absolute Gasteiger partial charge is 0.444 e. The topological polar surface area (TPSA) is 67.6 Å². The van der Waals surface area contributed by atoms with Crippen molar-refractivity contribution in [3.63, 3.8) is 0 Å². The van der Waals surface area contributed by atoms with Crippen LogP contribution in [0, 0.1) is 0 Å². The summed E-state index contributed by atoms with van der Waals surface area (Å²) in [4.78, 5) is 15.0. The average Bonchev–Trinajstić information content (AvgIpc) is 2.78. The van der Waals surface area contributed by atoms with E-state index in [0.717, 1.165) is 45.3 Å².